The first-order valence-corrected chi connectivity index (χ1v) is 4.06. The van der Waals surface area contributed by atoms with Crippen molar-refractivity contribution in [3.8, 4) is 0 Å². The number of nitrogens with zero attached hydrogens (tertiary/aromatic N) is 1. The van der Waals surface area contributed by atoms with Crippen molar-refractivity contribution in [2.75, 3.05) is 6.54 Å². The van der Waals surface area contributed by atoms with E-state index in [2.05, 4.69) is 15.5 Å². The number of carbonyl (C=O) groups is 2. The van der Waals surface area contributed by atoms with Gasteiger partial charge in [0.2, 0.25) is 0 Å². The summed E-state index contributed by atoms with van der Waals surface area (Å²) in [6.07, 6.45) is 1.47. The van der Waals surface area contributed by atoms with Crippen LogP contribution >= 0.6 is 0 Å². The van der Waals surface area contributed by atoms with Gasteiger partial charge in [0.1, 0.15) is 11.4 Å². The number of hydrogen-bond acceptors (Lipinski definition) is 3. The first-order chi connectivity index (χ1) is 6.27. The molecule has 0 aliphatic rings. The van der Waals surface area contributed by atoms with E-state index in [1.807, 2.05) is 6.92 Å². The van der Waals surface area contributed by atoms with E-state index in [1.165, 1.54) is 6.07 Å². The smallest absolute Gasteiger partial charge is 0.269 e. The van der Waals surface area contributed by atoms with Crippen molar-refractivity contribution >= 4 is 12.2 Å². The largest absolute Gasteiger partial charge is 0.351 e. The minimum Gasteiger partial charge on any atom is -0.351 e. The maximum atomic E-state index is 11.2. The van der Waals surface area contributed by atoms with Crippen LogP contribution in [0.5, 0.6) is 0 Å². The molecule has 0 aliphatic heterocycles. The molecule has 2 N–H and O–H groups in total. The zero-order valence-corrected chi connectivity index (χ0v) is 7.33. The number of aldehydes is 1. The summed E-state index contributed by atoms with van der Waals surface area (Å²) in [5.41, 5.74) is 0.553. The van der Waals surface area contributed by atoms with Crippen LogP contribution < -0.4 is 5.32 Å². The highest BCUT2D eigenvalue weighted by molar-refractivity contribution is 5.93. The van der Waals surface area contributed by atoms with Crippen LogP contribution in [0.1, 0.15) is 34.3 Å². The lowest BCUT2D eigenvalue weighted by Gasteiger charge is -1.98. The maximum absolute atomic E-state index is 11.2. The van der Waals surface area contributed by atoms with Crippen LogP contribution in [0, 0.1) is 0 Å². The molecule has 0 aliphatic carbocycles. The predicted molar refractivity (Wildman–Crippen MR) is 46.6 cm³/mol. The van der Waals surface area contributed by atoms with Gasteiger partial charge in [0, 0.05) is 6.54 Å². The predicted octanol–water partition coefficient (Wildman–Crippen LogP) is 0.362. The van der Waals surface area contributed by atoms with Gasteiger partial charge in [0.15, 0.2) is 6.29 Å². The summed E-state index contributed by atoms with van der Waals surface area (Å²) in [7, 11) is 0. The molecular weight excluding hydrogens is 170 g/mol. The van der Waals surface area contributed by atoms with Crippen molar-refractivity contribution in [2.45, 2.75) is 13.3 Å². The van der Waals surface area contributed by atoms with Crippen molar-refractivity contribution < 1.29 is 9.59 Å². The maximum Gasteiger partial charge on any atom is 0.269 e. The number of nitrogens with one attached hydrogen (secondary N) is 2. The van der Waals surface area contributed by atoms with E-state index >= 15 is 0 Å². The minimum absolute atomic E-state index is 0.234. The van der Waals surface area contributed by atoms with E-state index in [-0.39, 0.29) is 11.6 Å². The van der Waals surface area contributed by atoms with Gasteiger partial charge in [-0.2, -0.15) is 5.10 Å². The van der Waals surface area contributed by atoms with Gasteiger partial charge in [-0.3, -0.25) is 14.7 Å². The number of rotatable bonds is 4. The van der Waals surface area contributed by atoms with Crippen LogP contribution in [0.4, 0.5) is 0 Å². The third-order valence-electron chi connectivity index (χ3n) is 1.50. The van der Waals surface area contributed by atoms with Crippen molar-refractivity contribution in [2.24, 2.45) is 0 Å². The van der Waals surface area contributed by atoms with Gasteiger partial charge in [-0.05, 0) is 12.5 Å². The Bertz CT molecular complexity index is 306. The van der Waals surface area contributed by atoms with Gasteiger partial charge >= 0.3 is 0 Å². The average molecular weight is 181 g/mol. The summed E-state index contributed by atoms with van der Waals surface area (Å²) in [6.45, 7) is 2.58. The Hall–Kier alpha value is -1.65. The highest BCUT2D eigenvalue weighted by Gasteiger charge is 2.07. The molecule has 0 aromatic carbocycles. The zero-order chi connectivity index (χ0) is 9.68. The quantitative estimate of drug-likeness (QED) is 0.658. The fourth-order valence-corrected chi connectivity index (χ4v) is 0.848. The molecule has 1 aromatic heterocycles. The van der Waals surface area contributed by atoms with E-state index in [0.29, 0.717) is 18.5 Å². The number of hydrogen-bond donors (Lipinski definition) is 2. The van der Waals surface area contributed by atoms with E-state index in [9.17, 15) is 9.59 Å². The van der Waals surface area contributed by atoms with Crippen LogP contribution in [0.3, 0.4) is 0 Å². The standard InChI is InChI=1S/C8H11N3O2/c1-2-3-9-8(13)7-4-6(5-12)10-11-7/h4-5H,2-3H2,1H3,(H,9,13)(H,10,11). The Balaban J connectivity index is 2.60. The number of amides is 1. The topological polar surface area (TPSA) is 74.8 Å². The highest BCUT2D eigenvalue weighted by Crippen LogP contribution is 1.96. The normalized spacial score (nSPS) is 9.62. The first-order valence-electron chi connectivity index (χ1n) is 4.06. The second-order valence-corrected chi connectivity index (χ2v) is 2.58. The molecular formula is C8H11N3O2. The summed E-state index contributed by atoms with van der Waals surface area (Å²) in [4.78, 5) is 21.5. The lowest BCUT2D eigenvalue weighted by Crippen LogP contribution is -2.24. The average Bonchev–Trinajstić information content (AvgIpc) is 2.62. The molecule has 0 bridgehead atoms. The third-order valence-corrected chi connectivity index (χ3v) is 1.50. The molecule has 0 fully saturated rings. The molecule has 70 valence electrons. The number of carbonyl (C=O) groups excluding carboxylic acids is 2. The highest BCUT2D eigenvalue weighted by atomic mass is 16.2. The molecule has 5 heteroatoms. The molecule has 0 saturated carbocycles. The van der Waals surface area contributed by atoms with Crippen LogP contribution in [-0.2, 0) is 0 Å². The minimum atomic E-state index is -0.234. The van der Waals surface area contributed by atoms with Crippen LogP contribution in [0.15, 0.2) is 6.07 Å². The van der Waals surface area contributed by atoms with Crippen LogP contribution in [-0.4, -0.2) is 28.9 Å². The Morgan fingerprint density at radius 1 is 1.77 bits per heavy atom. The monoisotopic (exact) mass is 181 g/mol. The summed E-state index contributed by atoms with van der Waals surface area (Å²) in [5.74, 6) is -0.234. The van der Waals surface area contributed by atoms with Gasteiger partial charge in [-0.1, -0.05) is 6.92 Å². The van der Waals surface area contributed by atoms with Gasteiger partial charge < -0.3 is 5.32 Å². The molecule has 0 atom stereocenters. The summed E-state index contributed by atoms with van der Waals surface area (Å²) in [6, 6.07) is 1.41. The number of aromatic nitrogens is 2. The van der Waals surface area contributed by atoms with Gasteiger partial charge in [0.25, 0.3) is 5.91 Å². The molecule has 1 heterocycles. The summed E-state index contributed by atoms with van der Waals surface area (Å²) in [5, 5.41) is 8.74. The number of aromatic amines is 1. The fourth-order valence-electron chi connectivity index (χ4n) is 0.848. The van der Waals surface area contributed by atoms with Crippen molar-refractivity contribution in [1.29, 1.82) is 0 Å². The summed E-state index contributed by atoms with van der Waals surface area (Å²) >= 11 is 0. The molecule has 13 heavy (non-hydrogen) atoms. The number of H-pyrrole nitrogens is 1. The van der Waals surface area contributed by atoms with Crippen molar-refractivity contribution in [3.63, 3.8) is 0 Å². The third kappa shape index (κ3) is 2.40. The lowest BCUT2D eigenvalue weighted by atomic mass is 10.3. The Kier molecular flexibility index (Phi) is 3.19. The second kappa shape index (κ2) is 4.39. The Morgan fingerprint density at radius 2 is 2.54 bits per heavy atom. The van der Waals surface area contributed by atoms with E-state index in [0.717, 1.165) is 6.42 Å². The molecule has 0 spiro atoms. The van der Waals surface area contributed by atoms with E-state index in [1.54, 1.807) is 0 Å². The molecule has 1 rings (SSSR count). The van der Waals surface area contributed by atoms with Crippen molar-refractivity contribution in [1.82, 2.24) is 15.5 Å². The molecule has 1 amide bonds. The zero-order valence-electron chi connectivity index (χ0n) is 7.33. The Morgan fingerprint density at radius 3 is 3.08 bits per heavy atom. The molecule has 1 aromatic rings. The van der Waals surface area contributed by atoms with Gasteiger partial charge in [0.05, 0.1) is 0 Å². The van der Waals surface area contributed by atoms with Gasteiger partial charge in [-0.15, -0.1) is 0 Å². The first kappa shape index (κ1) is 9.44. The Labute approximate surface area is 75.5 Å². The molecule has 0 saturated heterocycles. The van der Waals surface area contributed by atoms with Crippen LogP contribution in [0.25, 0.3) is 0 Å². The van der Waals surface area contributed by atoms with Gasteiger partial charge in [-0.25, -0.2) is 0 Å². The summed E-state index contributed by atoms with van der Waals surface area (Å²) < 4.78 is 0. The van der Waals surface area contributed by atoms with E-state index < -0.39 is 0 Å². The van der Waals surface area contributed by atoms with Crippen LogP contribution in [0.2, 0.25) is 0 Å². The molecule has 5 nitrogen and oxygen atoms in total. The fraction of sp³-hybridized carbons (Fsp3) is 0.375. The lowest BCUT2D eigenvalue weighted by molar-refractivity contribution is 0.0948. The van der Waals surface area contributed by atoms with E-state index in [4.69, 9.17) is 0 Å². The molecule has 0 radical (unpaired) electrons. The van der Waals surface area contributed by atoms with Crippen molar-refractivity contribution in [3.05, 3.63) is 17.5 Å². The second-order valence-electron chi connectivity index (χ2n) is 2.58. The SMILES string of the molecule is CCCNC(=O)c1cc(C=O)n[nH]1. The molecule has 0 unspecified atom stereocenters.